The van der Waals surface area contributed by atoms with Crippen LogP contribution in [0, 0.1) is 0 Å². The van der Waals surface area contributed by atoms with Gasteiger partial charge in [-0.15, -0.1) is 0 Å². The Bertz CT molecular complexity index is 866. The van der Waals surface area contributed by atoms with Crippen molar-refractivity contribution in [3.63, 3.8) is 0 Å². The molecule has 112 valence electrons. The minimum absolute atomic E-state index is 0. The average Bonchev–Trinajstić information content (AvgIpc) is 2.43. The number of carboxylic acids is 4. The summed E-state index contributed by atoms with van der Waals surface area (Å²) in [4.78, 5) is 44.5. The van der Waals surface area contributed by atoms with E-state index >= 15 is 0 Å². The summed E-state index contributed by atoms with van der Waals surface area (Å²) in [5.41, 5.74) is -3.91. The zero-order chi connectivity index (χ0) is 16.6. The molecule has 0 aliphatic heterocycles. The van der Waals surface area contributed by atoms with Gasteiger partial charge in [0.25, 0.3) is 0 Å². The summed E-state index contributed by atoms with van der Waals surface area (Å²) in [6, 6.07) is 4.19. The van der Waals surface area contributed by atoms with E-state index in [4.69, 9.17) is 0 Å². The molecule has 0 heterocycles. The van der Waals surface area contributed by atoms with Gasteiger partial charge in [0.15, 0.2) is 0 Å². The number of carbonyl (C=O) groups excluding carboxylic acids is 4. The molecule has 0 amide bonds. The first-order valence-electron chi connectivity index (χ1n) is 5.70. The molecule has 0 radical (unpaired) electrons. The van der Waals surface area contributed by atoms with Crippen LogP contribution in [0.2, 0.25) is 0 Å². The van der Waals surface area contributed by atoms with Crippen LogP contribution in [0.1, 0.15) is 41.4 Å². The van der Waals surface area contributed by atoms with Crippen LogP contribution in [0.3, 0.4) is 0 Å². The summed E-state index contributed by atoms with van der Waals surface area (Å²) in [6.07, 6.45) is 0. The van der Waals surface area contributed by atoms with Gasteiger partial charge in [-0.1, -0.05) is 18.2 Å². The number of carboxylic acid groups (broad SMARTS) is 4. The molecule has 0 spiro atoms. The molecule has 8 nitrogen and oxygen atoms in total. The number of fused-ring (bicyclic) bond motifs is 1. The molecular weight excluding hydrogens is 453 g/mol. The zero-order valence-electron chi connectivity index (χ0n) is 14.6. The second kappa shape index (κ2) is 15.0. The van der Waals surface area contributed by atoms with Gasteiger partial charge in [-0.25, -0.2) is 0 Å². The summed E-state index contributed by atoms with van der Waals surface area (Å²) < 4.78 is 0. The van der Waals surface area contributed by atoms with E-state index in [1.54, 1.807) is 0 Å². The minimum atomic E-state index is -2.12. The first-order valence-corrected chi connectivity index (χ1v) is 5.70. The summed E-state index contributed by atoms with van der Waals surface area (Å²) in [6.45, 7) is 0. The molecule has 26 heavy (non-hydrogen) atoms. The van der Waals surface area contributed by atoms with E-state index in [9.17, 15) is 39.6 Å². The van der Waals surface area contributed by atoms with Crippen LogP contribution in [0.15, 0.2) is 24.3 Å². The molecule has 12 heteroatoms. The Morgan fingerprint density at radius 1 is 0.615 bits per heavy atom. The standard InChI is InChI=1S/C14H8O8.4K/c15-11(16)6-3-1-2-5-4-7(12(17)18)9(13(19)20)10(8(5)6)14(21)22;;;;/h1-4H,(H,15,16)(H,17,18)(H,19,20)(H,21,22);;;;/q;4*+1/p-4. The smallest absolute Gasteiger partial charge is 0.545 e. The molecule has 0 aliphatic rings. The van der Waals surface area contributed by atoms with Crippen molar-refractivity contribution in [3.05, 3.63) is 46.5 Å². The fourth-order valence-corrected chi connectivity index (χ4v) is 2.20. The summed E-state index contributed by atoms with van der Waals surface area (Å²) in [5.74, 6) is -7.91. The Balaban J connectivity index is -0.00000132. The topological polar surface area (TPSA) is 161 Å². The summed E-state index contributed by atoms with van der Waals surface area (Å²) >= 11 is 0. The molecule has 0 saturated heterocycles. The number of hydrogen-bond acceptors (Lipinski definition) is 8. The van der Waals surface area contributed by atoms with Gasteiger partial charge in [0.1, 0.15) is 0 Å². The largest absolute Gasteiger partial charge is 1.00 e. The number of hydrogen-bond donors (Lipinski definition) is 0. The van der Waals surface area contributed by atoms with E-state index in [1.807, 2.05) is 0 Å². The van der Waals surface area contributed by atoms with Gasteiger partial charge < -0.3 is 39.6 Å². The minimum Gasteiger partial charge on any atom is -0.545 e. The van der Waals surface area contributed by atoms with Crippen molar-refractivity contribution in [2.24, 2.45) is 0 Å². The molecule has 0 fully saturated rings. The van der Waals surface area contributed by atoms with Crippen molar-refractivity contribution in [1.29, 1.82) is 0 Å². The summed E-state index contributed by atoms with van der Waals surface area (Å²) in [7, 11) is 0. The van der Waals surface area contributed by atoms with E-state index in [2.05, 4.69) is 0 Å². The van der Waals surface area contributed by atoms with Crippen LogP contribution in [-0.4, -0.2) is 23.9 Å². The maximum absolute atomic E-state index is 11.3. The Morgan fingerprint density at radius 3 is 1.46 bits per heavy atom. The third-order valence-electron chi connectivity index (χ3n) is 3.01. The molecule has 0 N–H and O–H groups in total. The first kappa shape index (κ1) is 33.8. The predicted octanol–water partition coefficient (Wildman–Crippen LogP) is -15.7. The summed E-state index contributed by atoms with van der Waals surface area (Å²) in [5, 5.41) is 43.8. The third kappa shape index (κ3) is 7.67. The molecule has 0 bridgehead atoms. The molecule has 2 aromatic rings. The van der Waals surface area contributed by atoms with Gasteiger partial charge in [-0.2, -0.15) is 0 Å². The molecule has 2 aromatic carbocycles. The van der Waals surface area contributed by atoms with Crippen LogP contribution in [0.25, 0.3) is 10.8 Å². The Hall–Kier alpha value is 3.13. The number of aromatic carboxylic acids is 4. The molecule has 0 saturated carbocycles. The van der Waals surface area contributed by atoms with Crippen molar-refractivity contribution >= 4 is 34.6 Å². The van der Waals surface area contributed by atoms with E-state index in [-0.39, 0.29) is 211 Å². The van der Waals surface area contributed by atoms with E-state index < -0.39 is 51.5 Å². The first-order chi connectivity index (χ1) is 10.3. The molecule has 0 unspecified atom stereocenters. The fraction of sp³-hybridized carbons (Fsp3) is 0. The van der Waals surface area contributed by atoms with E-state index in [1.165, 1.54) is 12.1 Å². The fourth-order valence-electron chi connectivity index (χ4n) is 2.20. The van der Waals surface area contributed by atoms with Gasteiger partial charge in [-0.3, -0.25) is 0 Å². The van der Waals surface area contributed by atoms with Crippen molar-refractivity contribution in [1.82, 2.24) is 0 Å². The van der Waals surface area contributed by atoms with Gasteiger partial charge in [0, 0.05) is 27.6 Å². The van der Waals surface area contributed by atoms with Crippen LogP contribution in [-0.2, 0) is 0 Å². The molecular formula is C14H4K4O8. The van der Waals surface area contributed by atoms with Gasteiger partial charge in [-0.05, 0) is 11.5 Å². The number of rotatable bonds is 4. The normalized spacial score (nSPS) is 8.77. The van der Waals surface area contributed by atoms with Crippen LogP contribution in [0.5, 0.6) is 0 Å². The van der Waals surface area contributed by atoms with Gasteiger partial charge >= 0.3 is 206 Å². The third-order valence-corrected chi connectivity index (χ3v) is 3.01. The zero-order valence-corrected chi connectivity index (χ0v) is 27.1. The monoisotopic (exact) mass is 456 g/mol. The van der Waals surface area contributed by atoms with Gasteiger partial charge in [0.2, 0.25) is 0 Å². The van der Waals surface area contributed by atoms with Crippen LogP contribution < -0.4 is 226 Å². The van der Waals surface area contributed by atoms with E-state index in [0.29, 0.717) is 0 Å². The Labute approximate surface area is 317 Å². The Morgan fingerprint density at radius 2 is 1.08 bits per heavy atom. The number of carbonyl (C=O) groups is 4. The van der Waals surface area contributed by atoms with Crippen molar-refractivity contribution in [2.45, 2.75) is 0 Å². The maximum atomic E-state index is 11.3. The Kier molecular flexibility index (Phi) is 19.5. The van der Waals surface area contributed by atoms with Crippen molar-refractivity contribution < 1.29 is 245 Å². The van der Waals surface area contributed by atoms with Crippen LogP contribution in [0.4, 0.5) is 0 Å². The average molecular weight is 457 g/mol. The maximum Gasteiger partial charge on any atom is 1.00 e. The van der Waals surface area contributed by atoms with E-state index in [0.717, 1.165) is 12.1 Å². The predicted molar refractivity (Wildman–Crippen MR) is 61.3 cm³/mol. The van der Waals surface area contributed by atoms with Gasteiger partial charge in [0.05, 0.1) is 23.9 Å². The molecule has 0 atom stereocenters. The SMILES string of the molecule is O=C([O-])c1cc2cccc(C(=O)[O-])c2c(C(=O)[O-])c1C(=O)[O-].[K+].[K+].[K+].[K+]. The number of benzene rings is 2. The van der Waals surface area contributed by atoms with Crippen molar-refractivity contribution in [2.75, 3.05) is 0 Å². The quantitative estimate of drug-likeness (QED) is 0.410. The van der Waals surface area contributed by atoms with Crippen molar-refractivity contribution in [3.8, 4) is 0 Å². The molecule has 2 rings (SSSR count). The molecule has 0 aliphatic carbocycles. The second-order valence-corrected chi connectivity index (χ2v) is 4.23. The van der Waals surface area contributed by atoms with Crippen LogP contribution >= 0.6 is 0 Å². The molecule has 0 aromatic heterocycles. The second-order valence-electron chi connectivity index (χ2n) is 4.23.